The molecule has 0 fully saturated rings. The van der Waals surface area contributed by atoms with Crippen LogP contribution in [0.1, 0.15) is 28.6 Å². The first kappa shape index (κ1) is 13.3. The van der Waals surface area contributed by atoms with E-state index in [0.29, 0.717) is 17.5 Å². The van der Waals surface area contributed by atoms with E-state index in [4.69, 9.17) is 4.42 Å². The van der Waals surface area contributed by atoms with Gasteiger partial charge in [0.05, 0.1) is 6.26 Å². The molecule has 3 nitrogen and oxygen atoms in total. The van der Waals surface area contributed by atoms with E-state index < -0.39 is 0 Å². The van der Waals surface area contributed by atoms with Gasteiger partial charge < -0.3 is 9.73 Å². The van der Waals surface area contributed by atoms with Crippen molar-refractivity contribution in [3.63, 3.8) is 0 Å². The first-order valence-electron chi connectivity index (χ1n) is 6.15. The Hall–Kier alpha value is -2.10. The van der Waals surface area contributed by atoms with Crippen molar-refractivity contribution in [3.05, 3.63) is 59.3 Å². The lowest BCUT2D eigenvalue weighted by atomic mass is 10.1. The second-order valence-electron chi connectivity index (χ2n) is 4.62. The number of benzene rings is 1. The van der Waals surface area contributed by atoms with Crippen molar-refractivity contribution in [1.82, 2.24) is 5.32 Å². The van der Waals surface area contributed by atoms with E-state index >= 15 is 0 Å². The van der Waals surface area contributed by atoms with E-state index in [-0.39, 0.29) is 17.8 Å². The van der Waals surface area contributed by atoms with Crippen molar-refractivity contribution < 1.29 is 13.6 Å². The Morgan fingerprint density at radius 1 is 1.42 bits per heavy atom. The van der Waals surface area contributed by atoms with Crippen LogP contribution in [0.5, 0.6) is 0 Å². The third-order valence-corrected chi connectivity index (χ3v) is 2.89. The van der Waals surface area contributed by atoms with Crippen molar-refractivity contribution in [2.24, 2.45) is 0 Å². The maximum Gasteiger partial charge on any atom is 0.251 e. The molecule has 0 bridgehead atoms. The van der Waals surface area contributed by atoms with Crippen LogP contribution >= 0.6 is 0 Å². The number of halogens is 1. The molecule has 19 heavy (non-hydrogen) atoms. The third-order valence-electron chi connectivity index (χ3n) is 2.89. The minimum absolute atomic E-state index is 0.0518. The number of hydrogen-bond donors (Lipinski definition) is 1. The Morgan fingerprint density at radius 3 is 2.84 bits per heavy atom. The topological polar surface area (TPSA) is 42.2 Å². The SMILES string of the molecule is Cc1cc(C(=O)NC(C)Cc2ccco2)ccc1F. The van der Waals surface area contributed by atoms with Crippen LogP contribution < -0.4 is 5.32 Å². The molecule has 1 atom stereocenters. The van der Waals surface area contributed by atoms with Crippen LogP contribution in [0.25, 0.3) is 0 Å². The van der Waals surface area contributed by atoms with Gasteiger partial charge in [0.2, 0.25) is 0 Å². The second kappa shape index (κ2) is 5.69. The van der Waals surface area contributed by atoms with Crippen molar-refractivity contribution in [3.8, 4) is 0 Å². The predicted octanol–water partition coefficient (Wildman–Crippen LogP) is 3.09. The van der Waals surface area contributed by atoms with Crippen LogP contribution in [0.3, 0.4) is 0 Å². The fourth-order valence-electron chi connectivity index (χ4n) is 1.87. The van der Waals surface area contributed by atoms with E-state index in [2.05, 4.69) is 5.32 Å². The van der Waals surface area contributed by atoms with Gasteiger partial charge in [0.15, 0.2) is 0 Å². The molecular weight excluding hydrogens is 245 g/mol. The number of carbonyl (C=O) groups excluding carboxylic acids is 1. The summed E-state index contributed by atoms with van der Waals surface area (Å²) in [5, 5.41) is 2.86. The van der Waals surface area contributed by atoms with Crippen molar-refractivity contribution in [2.75, 3.05) is 0 Å². The van der Waals surface area contributed by atoms with Gasteiger partial charge in [-0.3, -0.25) is 4.79 Å². The second-order valence-corrected chi connectivity index (χ2v) is 4.62. The summed E-state index contributed by atoms with van der Waals surface area (Å²) in [6.45, 7) is 3.54. The van der Waals surface area contributed by atoms with Crippen molar-refractivity contribution in [1.29, 1.82) is 0 Å². The van der Waals surface area contributed by atoms with Gasteiger partial charge in [0.1, 0.15) is 11.6 Å². The van der Waals surface area contributed by atoms with E-state index in [9.17, 15) is 9.18 Å². The van der Waals surface area contributed by atoms with Crippen LogP contribution in [0.15, 0.2) is 41.0 Å². The maximum atomic E-state index is 13.1. The smallest absolute Gasteiger partial charge is 0.251 e. The van der Waals surface area contributed by atoms with Gasteiger partial charge in [0.25, 0.3) is 5.91 Å². The van der Waals surface area contributed by atoms with Gasteiger partial charge in [-0.1, -0.05) is 0 Å². The van der Waals surface area contributed by atoms with Crippen LogP contribution in [-0.4, -0.2) is 11.9 Å². The first-order chi connectivity index (χ1) is 9.06. The van der Waals surface area contributed by atoms with Gasteiger partial charge >= 0.3 is 0 Å². The lowest BCUT2D eigenvalue weighted by Crippen LogP contribution is -2.34. The highest BCUT2D eigenvalue weighted by Crippen LogP contribution is 2.10. The molecule has 1 heterocycles. The number of aryl methyl sites for hydroxylation is 1. The van der Waals surface area contributed by atoms with Crippen LogP contribution in [0, 0.1) is 12.7 Å². The van der Waals surface area contributed by atoms with Gasteiger partial charge in [-0.25, -0.2) is 4.39 Å². The lowest BCUT2D eigenvalue weighted by molar-refractivity contribution is 0.0939. The highest BCUT2D eigenvalue weighted by atomic mass is 19.1. The minimum atomic E-state index is -0.305. The molecule has 2 aromatic rings. The van der Waals surface area contributed by atoms with Crippen molar-refractivity contribution >= 4 is 5.91 Å². The molecule has 4 heteroatoms. The third kappa shape index (κ3) is 3.44. The minimum Gasteiger partial charge on any atom is -0.469 e. The molecular formula is C15H16FNO2. The Labute approximate surface area is 111 Å². The number of furan rings is 1. The standard InChI is InChI=1S/C15H16FNO2/c1-10-8-12(5-6-14(10)16)15(18)17-11(2)9-13-4-3-7-19-13/h3-8,11H,9H2,1-2H3,(H,17,18). The molecule has 1 amide bonds. The van der Waals surface area contributed by atoms with Gasteiger partial charge in [0, 0.05) is 18.0 Å². The number of rotatable bonds is 4. The zero-order valence-corrected chi connectivity index (χ0v) is 10.9. The van der Waals surface area contributed by atoms with E-state index in [0.717, 1.165) is 5.76 Å². The summed E-state index contributed by atoms with van der Waals surface area (Å²) < 4.78 is 18.4. The quantitative estimate of drug-likeness (QED) is 0.919. The summed E-state index contributed by atoms with van der Waals surface area (Å²) in [5.74, 6) is 0.311. The summed E-state index contributed by atoms with van der Waals surface area (Å²) >= 11 is 0. The Balaban J connectivity index is 1.98. The zero-order valence-electron chi connectivity index (χ0n) is 10.9. The molecule has 0 aliphatic carbocycles. The zero-order chi connectivity index (χ0) is 13.8. The molecule has 0 radical (unpaired) electrons. The number of hydrogen-bond acceptors (Lipinski definition) is 2. The summed E-state index contributed by atoms with van der Waals surface area (Å²) in [5.41, 5.74) is 0.927. The average molecular weight is 261 g/mol. The molecule has 0 aliphatic rings. The maximum absolute atomic E-state index is 13.1. The number of nitrogens with one attached hydrogen (secondary N) is 1. The Morgan fingerprint density at radius 2 is 2.21 bits per heavy atom. The average Bonchev–Trinajstić information content (AvgIpc) is 2.85. The molecule has 1 N–H and O–H groups in total. The fraction of sp³-hybridized carbons (Fsp3) is 0.267. The fourth-order valence-corrected chi connectivity index (χ4v) is 1.87. The predicted molar refractivity (Wildman–Crippen MR) is 70.5 cm³/mol. The molecule has 0 spiro atoms. The monoisotopic (exact) mass is 261 g/mol. The van der Waals surface area contributed by atoms with E-state index in [1.165, 1.54) is 12.1 Å². The van der Waals surface area contributed by atoms with Crippen LogP contribution in [0.2, 0.25) is 0 Å². The number of carbonyl (C=O) groups is 1. The number of amides is 1. The summed E-state index contributed by atoms with van der Waals surface area (Å²) in [6, 6.07) is 7.96. The summed E-state index contributed by atoms with van der Waals surface area (Å²) in [7, 11) is 0. The van der Waals surface area contributed by atoms with Crippen molar-refractivity contribution in [2.45, 2.75) is 26.3 Å². The van der Waals surface area contributed by atoms with Gasteiger partial charge in [-0.05, 0) is 49.7 Å². The normalized spacial score (nSPS) is 12.2. The summed E-state index contributed by atoms with van der Waals surface area (Å²) in [6.07, 6.45) is 2.23. The highest BCUT2D eigenvalue weighted by molar-refractivity contribution is 5.94. The molecule has 0 aliphatic heterocycles. The van der Waals surface area contributed by atoms with E-state index in [1.807, 2.05) is 19.1 Å². The Kier molecular flexibility index (Phi) is 4.00. The van der Waals surface area contributed by atoms with Crippen LogP contribution in [0.4, 0.5) is 4.39 Å². The van der Waals surface area contributed by atoms with Gasteiger partial charge in [-0.15, -0.1) is 0 Å². The summed E-state index contributed by atoms with van der Waals surface area (Å²) in [4.78, 5) is 12.0. The largest absolute Gasteiger partial charge is 0.469 e. The van der Waals surface area contributed by atoms with Gasteiger partial charge in [-0.2, -0.15) is 0 Å². The lowest BCUT2D eigenvalue weighted by Gasteiger charge is -2.13. The molecule has 1 aromatic heterocycles. The molecule has 2 rings (SSSR count). The molecule has 100 valence electrons. The van der Waals surface area contributed by atoms with E-state index in [1.54, 1.807) is 19.3 Å². The molecule has 1 aromatic carbocycles. The molecule has 1 unspecified atom stereocenters. The highest BCUT2D eigenvalue weighted by Gasteiger charge is 2.12. The molecule has 0 saturated carbocycles. The Bertz CT molecular complexity index is 564. The first-order valence-corrected chi connectivity index (χ1v) is 6.15. The molecule has 0 saturated heterocycles. The van der Waals surface area contributed by atoms with Crippen LogP contribution in [-0.2, 0) is 6.42 Å².